The highest BCUT2D eigenvalue weighted by Gasteiger charge is 2.14. The number of hydrogen-bond acceptors (Lipinski definition) is 4. The first-order chi connectivity index (χ1) is 10.4. The Morgan fingerprint density at radius 2 is 2.27 bits per heavy atom. The van der Waals surface area contributed by atoms with Crippen LogP contribution >= 0.6 is 35.7 Å². The standard InChI is InChI=1S/C15H29N3O2S.HI/c1-3-11-21-12-8-18-15(16-2)17-7-5-9-19-13-14-6-4-10-20-14;/h3,14H,1,4-13H2,2H3,(H2,16,17,18);1H. The Morgan fingerprint density at radius 3 is 2.95 bits per heavy atom. The Balaban J connectivity index is 0.00000441. The van der Waals surface area contributed by atoms with Crippen molar-refractivity contribution < 1.29 is 9.47 Å². The van der Waals surface area contributed by atoms with Crippen molar-refractivity contribution in [1.82, 2.24) is 10.6 Å². The highest BCUT2D eigenvalue weighted by molar-refractivity contribution is 14.0. The molecule has 2 N–H and O–H groups in total. The van der Waals surface area contributed by atoms with E-state index < -0.39 is 0 Å². The third-order valence-electron chi connectivity index (χ3n) is 3.08. The summed E-state index contributed by atoms with van der Waals surface area (Å²) in [4.78, 5) is 4.19. The minimum atomic E-state index is 0. The normalized spacial score (nSPS) is 17.9. The molecule has 1 saturated heterocycles. The van der Waals surface area contributed by atoms with Gasteiger partial charge in [-0.15, -0.1) is 30.6 Å². The van der Waals surface area contributed by atoms with Crippen molar-refractivity contribution in [3.63, 3.8) is 0 Å². The fraction of sp³-hybridized carbons (Fsp3) is 0.800. The van der Waals surface area contributed by atoms with Gasteiger partial charge in [-0.05, 0) is 19.3 Å². The summed E-state index contributed by atoms with van der Waals surface area (Å²) in [6.07, 6.45) is 5.52. The van der Waals surface area contributed by atoms with E-state index in [9.17, 15) is 0 Å². The first-order valence-electron chi connectivity index (χ1n) is 7.69. The quantitative estimate of drug-likeness (QED) is 0.169. The summed E-state index contributed by atoms with van der Waals surface area (Å²) in [6, 6.07) is 0. The predicted octanol–water partition coefficient (Wildman–Crippen LogP) is 2.27. The molecule has 1 aliphatic heterocycles. The Bertz CT molecular complexity index is 301. The van der Waals surface area contributed by atoms with E-state index >= 15 is 0 Å². The van der Waals surface area contributed by atoms with Crippen molar-refractivity contribution in [3.8, 4) is 0 Å². The number of hydrogen-bond donors (Lipinski definition) is 2. The van der Waals surface area contributed by atoms with E-state index in [0.29, 0.717) is 6.10 Å². The van der Waals surface area contributed by atoms with Gasteiger partial charge in [0.15, 0.2) is 5.96 Å². The van der Waals surface area contributed by atoms with Crippen LogP contribution in [-0.4, -0.2) is 63.5 Å². The number of halogens is 1. The van der Waals surface area contributed by atoms with Crippen LogP contribution in [0.3, 0.4) is 0 Å². The van der Waals surface area contributed by atoms with Crippen LogP contribution in [0, 0.1) is 0 Å². The lowest BCUT2D eigenvalue weighted by molar-refractivity contribution is 0.0168. The molecular formula is C15H30IN3O2S. The zero-order valence-corrected chi connectivity index (χ0v) is 16.7. The van der Waals surface area contributed by atoms with Crippen LogP contribution < -0.4 is 10.6 Å². The fourth-order valence-corrected chi connectivity index (χ4v) is 2.58. The minimum Gasteiger partial charge on any atom is -0.379 e. The first kappa shape index (κ1) is 22.0. The van der Waals surface area contributed by atoms with Gasteiger partial charge in [-0.2, -0.15) is 11.8 Å². The van der Waals surface area contributed by atoms with E-state index in [0.717, 1.165) is 63.2 Å². The second-order valence-corrected chi connectivity index (χ2v) is 6.00. The lowest BCUT2D eigenvalue weighted by Crippen LogP contribution is -2.39. The highest BCUT2D eigenvalue weighted by Crippen LogP contribution is 2.11. The molecule has 1 heterocycles. The maximum absolute atomic E-state index is 5.62. The Labute approximate surface area is 156 Å². The molecule has 7 heteroatoms. The second kappa shape index (κ2) is 15.9. The lowest BCUT2D eigenvalue weighted by Gasteiger charge is -2.12. The molecule has 0 saturated carbocycles. The molecular weight excluding hydrogens is 413 g/mol. The molecule has 0 radical (unpaired) electrons. The van der Waals surface area contributed by atoms with Gasteiger partial charge in [0.05, 0.1) is 12.7 Å². The molecule has 0 aromatic heterocycles. The van der Waals surface area contributed by atoms with E-state index in [4.69, 9.17) is 9.47 Å². The number of guanidine groups is 1. The van der Waals surface area contributed by atoms with Crippen LogP contribution in [-0.2, 0) is 9.47 Å². The van der Waals surface area contributed by atoms with Crippen LogP contribution in [0.2, 0.25) is 0 Å². The molecule has 0 aromatic carbocycles. The monoisotopic (exact) mass is 443 g/mol. The molecule has 0 spiro atoms. The van der Waals surface area contributed by atoms with Gasteiger partial charge in [0.25, 0.3) is 0 Å². The van der Waals surface area contributed by atoms with E-state index in [1.165, 1.54) is 6.42 Å². The van der Waals surface area contributed by atoms with Crippen LogP contribution in [0.15, 0.2) is 17.6 Å². The van der Waals surface area contributed by atoms with Crippen LogP contribution in [0.25, 0.3) is 0 Å². The number of nitrogens with zero attached hydrogens (tertiary/aromatic N) is 1. The number of rotatable bonds is 11. The Kier molecular flexibility index (Phi) is 15.9. The fourth-order valence-electron chi connectivity index (χ4n) is 2.00. The molecule has 1 rings (SSSR count). The molecule has 0 aliphatic carbocycles. The van der Waals surface area contributed by atoms with E-state index in [2.05, 4.69) is 22.2 Å². The minimum absolute atomic E-state index is 0. The van der Waals surface area contributed by atoms with E-state index in [1.54, 1.807) is 7.05 Å². The van der Waals surface area contributed by atoms with Crippen molar-refractivity contribution in [1.29, 1.82) is 0 Å². The van der Waals surface area contributed by atoms with Crippen LogP contribution in [0.5, 0.6) is 0 Å². The largest absolute Gasteiger partial charge is 0.379 e. The maximum atomic E-state index is 5.62. The summed E-state index contributed by atoms with van der Waals surface area (Å²) in [6.45, 7) is 7.86. The maximum Gasteiger partial charge on any atom is 0.191 e. The number of ether oxygens (including phenoxy) is 2. The average Bonchev–Trinajstić information content (AvgIpc) is 3.01. The predicted molar refractivity (Wildman–Crippen MR) is 107 cm³/mol. The SMILES string of the molecule is C=CCSCCNC(=NC)NCCCOCC1CCCO1.I. The average molecular weight is 443 g/mol. The number of thioether (sulfide) groups is 1. The zero-order chi connectivity index (χ0) is 15.2. The second-order valence-electron chi connectivity index (χ2n) is 4.85. The van der Waals surface area contributed by atoms with Gasteiger partial charge in [0.2, 0.25) is 0 Å². The van der Waals surface area contributed by atoms with Crippen LogP contribution in [0.1, 0.15) is 19.3 Å². The summed E-state index contributed by atoms with van der Waals surface area (Å²) < 4.78 is 11.1. The molecule has 1 fully saturated rings. The van der Waals surface area contributed by atoms with Crippen molar-refractivity contribution in [2.24, 2.45) is 4.99 Å². The van der Waals surface area contributed by atoms with Gasteiger partial charge in [-0.1, -0.05) is 6.08 Å². The number of aliphatic imine (C=N–C) groups is 1. The van der Waals surface area contributed by atoms with Gasteiger partial charge >= 0.3 is 0 Å². The van der Waals surface area contributed by atoms with Crippen molar-refractivity contribution in [2.75, 3.05) is 51.5 Å². The van der Waals surface area contributed by atoms with Crippen molar-refractivity contribution in [3.05, 3.63) is 12.7 Å². The molecule has 1 aliphatic rings. The first-order valence-corrected chi connectivity index (χ1v) is 8.84. The van der Waals surface area contributed by atoms with Crippen molar-refractivity contribution >= 4 is 41.7 Å². The third-order valence-corrected chi connectivity index (χ3v) is 4.05. The zero-order valence-electron chi connectivity index (χ0n) is 13.5. The molecule has 1 unspecified atom stereocenters. The molecule has 22 heavy (non-hydrogen) atoms. The van der Waals surface area contributed by atoms with E-state index in [-0.39, 0.29) is 24.0 Å². The molecule has 5 nitrogen and oxygen atoms in total. The van der Waals surface area contributed by atoms with Crippen molar-refractivity contribution in [2.45, 2.75) is 25.4 Å². The molecule has 0 bridgehead atoms. The third kappa shape index (κ3) is 11.6. The van der Waals surface area contributed by atoms with Gasteiger partial charge in [0, 0.05) is 44.9 Å². The van der Waals surface area contributed by atoms with Gasteiger partial charge < -0.3 is 20.1 Å². The smallest absolute Gasteiger partial charge is 0.191 e. The van der Waals surface area contributed by atoms with Gasteiger partial charge in [-0.3, -0.25) is 4.99 Å². The molecule has 0 aromatic rings. The summed E-state index contributed by atoms with van der Waals surface area (Å²) in [5.41, 5.74) is 0. The molecule has 130 valence electrons. The summed E-state index contributed by atoms with van der Waals surface area (Å²) in [5.74, 6) is 2.90. The Hall–Kier alpha value is 0.01000. The van der Waals surface area contributed by atoms with Gasteiger partial charge in [-0.25, -0.2) is 0 Å². The molecule has 1 atom stereocenters. The summed E-state index contributed by atoms with van der Waals surface area (Å²) in [7, 11) is 1.79. The summed E-state index contributed by atoms with van der Waals surface area (Å²) in [5, 5.41) is 6.57. The lowest BCUT2D eigenvalue weighted by atomic mass is 10.2. The van der Waals surface area contributed by atoms with E-state index in [1.807, 2.05) is 17.8 Å². The van der Waals surface area contributed by atoms with Crippen LogP contribution in [0.4, 0.5) is 0 Å². The number of nitrogens with one attached hydrogen (secondary N) is 2. The molecule has 0 amide bonds. The van der Waals surface area contributed by atoms with Gasteiger partial charge in [0.1, 0.15) is 0 Å². The highest BCUT2D eigenvalue weighted by atomic mass is 127. The Morgan fingerprint density at radius 1 is 1.45 bits per heavy atom. The summed E-state index contributed by atoms with van der Waals surface area (Å²) >= 11 is 1.86. The topological polar surface area (TPSA) is 54.9 Å².